The number of benzene rings is 1. The van der Waals surface area contributed by atoms with E-state index in [0.29, 0.717) is 17.0 Å². The number of carbonyl (C=O) groups excluding carboxylic acids is 1. The highest BCUT2D eigenvalue weighted by molar-refractivity contribution is 5.91. The van der Waals surface area contributed by atoms with Crippen molar-refractivity contribution < 1.29 is 14.3 Å². The largest absolute Gasteiger partial charge is 0.494 e. The van der Waals surface area contributed by atoms with Crippen LogP contribution in [0.4, 0.5) is 5.69 Å². The van der Waals surface area contributed by atoms with Crippen molar-refractivity contribution in [3.05, 3.63) is 23.8 Å². The first-order valence-electron chi connectivity index (χ1n) is 4.44. The number of ether oxygens (including phenoxy) is 2. The van der Waals surface area contributed by atoms with Crippen LogP contribution in [-0.2, 0) is 4.74 Å². The smallest absolute Gasteiger partial charge is 0.337 e. The fourth-order valence-corrected chi connectivity index (χ4v) is 1.15. The average molecular weight is 223 g/mol. The Morgan fingerprint density at radius 1 is 1.31 bits per heavy atom. The summed E-state index contributed by atoms with van der Waals surface area (Å²) in [5.41, 5.74) is 11.3. The molecule has 0 radical (unpaired) electrons. The summed E-state index contributed by atoms with van der Waals surface area (Å²) in [5, 5.41) is 0. The van der Waals surface area contributed by atoms with Crippen molar-refractivity contribution in [2.24, 2.45) is 16.5 Å². The Morgan fingerprint density at radius 2 is 2.00 bits per heavy atom. The van der Waals surface area contributed by atoms with Crippen molar-refractivity contribution >= 4 is 17.6 Å². The second kappa shape index (κ2) is 5.01. The Labute approximate surface area is 92.9 Å². The summed E-state index contributed by atoms with van der Waals surface area (Å²) in [7, 11) is 2.76. The molecule has 0 bridgehead atoms. The van der Waals surface area contributed by atoms with Crippen molar-refractivity contribution in [2.45, 2.75) is 0 Å². The van der Waals surface area contributed by atoms with Crippen LogP contribution in [0, 0.1) is 0 Å². The molecule has 0 heterocycles. The summed E-state index contributed by atoms with van der Waals surface area (Å²) in [6.07, 6.45) is 0. The zero-order valence-electron chi connectivity index (χ0n) is 9.06. The van der Waals surface area contributed by atoms with Gasteiger partial charge in [0.05, 0.1) is 19.8 Å². The molecule has 6 heteroatoms. The highest BCUT2D eigenvalue weighted by Crippen LogP contribution is 2.28. The van der Waals surface area contributed by atoms with Crippen LogP contribution in [0.15, 0.2) is 23.2 Å². The van der Waals surface area contributed by atoms with Gasteiger partial charge >= 0.3 is 5.97 Å². The summed E-state index contributed by atoms with van der Waals surface area (Å²) >= 11 is 0. The molecule has 0 aliphatic heterocycles. The lowest BCUT2D eigenvalue weighted by Crippen LogP contribution is -2.22. The first-order valence-corrected chi connectivity index (χ1v) is 4.44. The van der Waals surface area contributed by atoms with Gasteiger partial charge in [0.15, 0.2) is 5.96 Å². The van der Waals surface area contributed by atoms with E-state index in [9.17, 15) is 4.79 Å². The average Bonchev–Trinajstić information content (AvgIpc) is 2.27. The maximum atomic E-state index is 11.3. The number of guanidine groups is 1. The molecule has 0 amide bonds. The lowest BCUT2D eigenvalue weighted by atomic mass is 10.2. The third-order valence-corrected chi connectivity index (χ3v) is 1.85. The van der Waals surface area contributed by atoms with Gasteiger partial charge in [-0.15, -0.1) is 0 Å². The number of carbonyl (C=O) groups is 1. The molecule has 16 heavy (non-hydrogen) atoms. The lowest BCUT2D eigenvalue weighted by molar-refractivity contribution is 0.0600. The predicted octanol–water partition coefficient (Wildman–Crippen LogP) is 0.387. The first-order chi connectivity index (χ1) is 7.58. The van der Waals surface area contributed by atoms with E-state index in [1.54, 1.807) is 12.1 Å². The highest BCUT2D eigenvalue weighted by Gasteiger charge is 2.09. The van der Waals surface area contributed by atoms with E-state index >= 15 is 0 Å². The molecule has 0 unspecified atom stereocenters. The minimum absolute atomic E-state index is 0.0795. The molecule has 0 saturated heterocycles. The van der Waals surface area contributed by atoms with Gasteiger partial charge in [0.2, 0.25) is 0 Å². The number of rotatable bonds is 3. The number of nitrogens with two attached hydrogens (primary N) is 2. The molecule has 0 aromatic heterocycles. The molecule has 0 spiro atoms. The summed E-state index contributed by atoms with van der Waals surface area (Å²) in [6.45, 7) is 0. The Hall–Kier alpha value is -2.24. The van der Waals surface area contributed by atoms with Gasteiger partial charge in [-0.1, -0.05) is 0 Å². The monoisotopic (exact) mass is 223 g/mol. The standard InChI is InChI=1S/C10H13N3O3/c1-15-8-5-6(9(14)16-2)3-4-7(8)13-10(11)12/h3-5H,1-2H3,(H4,11,12,13). The van der Waals surface area contributed by atoms with Crippen LogP contribution in [-0.4, -0.2) is 26.1 Å². The van der Waals surface area contributed by atoms with Crippen molar-refractivity contribution in [3.63, 3.8) is 0 Å². The second-order valence-corrected chi connectivity index (χ2v) is 2.91. The van der Waals surface area contributed by atoms with Crippen LogP contribution >= 0.6 is 0 Å². The fourth-order valence-electron chi connectivity index (χ4n) is 1.15. The second-order valence-electron chi connectivity index (χ2n) is 2.91. The molecule has 0 fully saturated rings. The van der Waals surface area contributed by atoms with Gasteiger partial charge < -0.3 is 20.9 Å². The van der Waals surface area contributed by atoms with E-state index < -0.39 is 5.97 Å². The van der Waals surface area contributed by atoms with Crippen molar-refractivity contribution in [1.29, 1.82) is 0 Å². The van der Waals surface area contributed by atoms with E-state index in [-0.39, 0.29) is 5.96 Å². The Bertz CT molecular complexity index is 425. The molecule has 4 N–H and O–H groups in total. The Balaban J connectivity index is 3.16. The number of aliphatic imine (C=N–C) groups is 1. The van der Waals surface area contributed by atoms with Crippen LogP contribution in [0.3, 0.4) is 0 Å². The van der Waals surface area contributed by atoms with Gasteiger partial charge in [0, 0.05) is 0 Å². The van der Waals surface area contributed by atoms with Gasteiger partial charge in [-0.2, -0.15) is 0 Å². The number of hydrogen-bond donors (Lipinski definition) is 2. The van der Waals surface area contributed by atoms with Crippen LogP contribution in [0.1, 0.15) is 10.4 Å². The van der Waals surface area contributed by atoms with Crippen LogP contribution in [0.5, 0.6) is 5.75 Å². The fraction of sp³-hybridized carbons (Fsp3) is 0.200. The molecule has 1 aromatic rings. The minimum atomic E-state index is -0.449. The zero-order chi connectivity index (χ0) is 12.1. The summed E-state index contributed by atoms with van der Waals surface area (Å²) in [4.78, 5) is 15.1. The molecular weight excluding hydrogens is 210 g/mol. The van der Waals surface area contributed by atoms with Crippen LogP contribution < -0.4 is 16.2 Å². The number of esters is 1. The lowest BCUT2D eigenvalue weighted by Gasteiger charge is -2.06. The third-order valence-electron chi connectivity index (χ3n) is 1.85. The first kappa shape index (κ1) is 11.8. The van der Waals surface area contributed by atoms with Crippen molar-refractivity contribution in [3.8, 4) is 5.75 Å². The predicted molar refractivity (Wildman–Crippen MR) is 59.8 cm³/mol. The topological polar surface area (TPSA) is 99.9 Å². The number of hydrogen-bond acceptors (Lipinski definition) is 4. The quantitative estimate of drug-likeness (QED) is 0.438. The van der Waals surface area contributed by atoms with E-state index in [1.807, 2.05) is 0 Å². The molecule has 1 rings (SSSR count). The molecule has 1 aromatic carbocycles. The molecule has 6 nitrogen and oxygen atoms in total. The molecule has 0 aliphatic rings. The van der Waals surface area contributed by atoms with Gasteiger partial charge in [0.25, 0.3) is 0 Å². The number of nitrogens with zero attached hydrogens (tertiary/aromatic N) is 1. The molecule has 86 valence electrons. The zero-order valence-corrected chi connectivity index (χ0v) is 9.06. The van der Waals surface area contributed by atoms with Crippen molar-refractivity contribution in [1.82, 2.24) is 0 Å². The normalized spacial score (nSPS) is 9.38. The SMILES string of the molecule is COC(=O)c1ccc(N=C(N)N)c(OC)c1. The highest BCUT2D eigenvalue weighted by atomic mass is 16.5. The molecular formula is C10H13N3O3. The van der Waals surface area contributed by atoms with Gasteiger partial charge in [-0.05, 0) is 18.2 Å². The molecule has 0 aliphatic carbocycles. The summed E-state index contributed by atoms with van der Waals surface area (Å²) < 4.78 is 9.63. The Morgan fingerprint density at radius 3 is 2.50 bits per heavy atom. The van der Waals surface area contributed by atoms with Crippen LogP contribution in [0.2, 0.25) is 0 Å². The maximum absolute atomic E-state index is 11.3. The van der Waals surface area contributed by atoms with E-state index in [0.717, 1.165) is 0 Å². The Kier molecular flexibility index (Phi) is 3.71. The van der Waals surface area contributed by atoms with Gasteiger partial charge in [-0.3, -0.25) is 0 Å². The minimum Gasteiger partial charge on any atom is -0.494 e. The molecule has 0 saturated carbocycles. The maximum Gasteiger partial charge on any atom is 0.337 e. The summed E-state index contributed by atoms with van der Waals surface area (Å²) in [6, 6.07) is 4.63. The third kappa shape index (κ3) is 2.63. The number of methoxy groups -OCH3 is 2. The summed E-state index contributed by atoms with van der Waals surface area (Å²) in [5.74, 6) is -0.130. The van der Waals surface area contributed by atoms with Crippen molar-refractivity contribution in [2.75, 3.05) is 14.2 Å². The molecule has 0 atom stereocenters. The van der Waals surface area contributed by atoms with E-state index in [1.165, 1.54) is 20.3 Å². The van der Waals surface area contributed by atoms with E-state index in [4.69, 9.17) is 16.2 Å². The van der Waals surface area contributed by atoms with Crippen LogP contribution in [0.25, 0.3) is 0 Å². The van der Waals surface area contributed by atoms with Gasteiger partial charge in [0.1, 0.15) is 11.4 Å². The van der Waals surface area contributed by atoms with E-state index in [2.05, 4.69) is 9.73 Å². The van der Waals surface area contributed by atoms with Gasteiger partial charge in [-0.25, -0.2) is 9.79 Å².